The minimum atomic E-state index is -0.597. The molecule has 27 heavy (non-hydrogen) atoms. The highest BCUT2D eigenvalue weighted by molar-refractivity contribution is 5.16. The molecule has 0 aromatic heterocycles. The maximum absolute atomic E-state index is 13.5. The van der Waals surface area contributed by atoms with E-state index in [0.717, 1.165) is 38.3 Å². The third-order valence-electron chi connectivity index (χ3n) is 4.78. The van der Waals surface area contributed by atoms with E-state index in [1.807, 2.05) is 12.1 Å². The molecule has 1 aliphatic rings. The Hall–Kier alpha value is -1.86. The zero-order valence-corrected chi connectivity index (χ0v) is 15.4. The summed E-state index contributed by atoms with van der Waals surface area (Å²) in [4.78, 5) is 4.53. The number of nitrogens with zero attached hydrogens (tertiary/aromatic N) is 2. The fraction of sp³-hybridized carbons (Fsp3) is 0.429. The van der Waals surface area contributed by atoms with E-state index >= 15 is 0 Å². The van der Waals surface area contributed by atoms with Gasteiger partial charge in [0, 0.05) is 44.8 Å². The van der Waals surface area contributed by atoms with Crippen molar-refractivity contribution < 1.29 is 18.6 Å². The summed E-state index contributed by atoms with van der Waals surface area (Å²) in [5.74, 6) is -0.501. The Morgan fingerprint density at radius 1 is 0.926 bits per heavy atom. The molecule has 146 valence electrons. The lowest BCUT2D eigenvalue weighted by molar-refractivity contribution is 0.000254. The van der Waals surface area contributed by atoms with E-state index in [4.69, 9.17) is 4.74 Å². The lowest BCUT2D eigenvalue weighted by Crippen LogP contribution is -2.48. The lowest BCUT2D eigenvalue weighted by atomic mass is 10.2. The van der Waals surface area contributed by atoms with Gasteiger partial charge in [-0.2, -0.15) is 0 Å². The highest BCUT2D eigenvalue weighted by atomic mass is 19.1. The first-order valence-electron chi connectivity index (χ1n) is 9.28. The molecule has 2 aromatic carbocycles. The molecule has 2 aromatic rings. The molecular weight excluding hydrogens is 350 g/mol. The second-order valence-electron chi connectivity index (χ2n) is 6.96. The number of β-amino-alcohol motifs (C(OH)–C–C–N with tert-alkyl or cyclic N) is 1. The van der Waals surface area contributed by atoms with Crippen LogP contribution in [0.25, 0.3) is 0 Å². The van der Waals surface area contributed by atoms with Crippen LogP contribution >= 0.6 is 0 Å². The van der Waals surface area contributed by atoms with Crippen molar-refractivity contribution in [2.45, 2.75) is 19.3 Å². The summed E-state index contributed by atoms with van der Waals surface area (Å²) < 4.78 is 32.0. The monoisotopic (exact) mass is 376 g/mol. The number of benzene rings is 2. The van der Waals surface area contributed by atoms with Crippen LogP contribution in [-0.4, -0.2) is 60.3 Å². The van der Waals surface area contributed by atoms with Crippen molar-refractivity contribution in [3.63, 3.8) is 0 Å². The average molecular weight is 376 g/mol. The van der Waals surface area contributed by atoms with Gasteiger partial charge in [0.05, 0.1) is 19.3 Å². The molecule has 1 saturated heterocycles. The predicted octanol–water partition coefficient (Wildman–Crippen LogP) is 2.66. The van der Waals surface area contributed by atoms with E-state index in [0.29, 0.717) is 12.1 Å². The molecule has 0 spiro atoms. The van der Waals surface area contributed by atoms with Gasteiger partial charge in [-0.05, 0) is 23.8 Å². The molecule has 1 fully saturated rings. The molecule has 0 amide bonds. The van der Waals surface area contributed by atoms with Gasteiger partial charge < -0.3 is 9.84 Å². The number of halogens is 2. The van der Waals surface area contributed by atoms with Crippen LogP contribution in [0.2, 0.25) is 0 Å². The highest BCUT2D eigenvalue weighted by Gasteiger charge is 2.19. The summed E-state index contributed by atoms with van der Waals surface area (Å²) in [6.45, 7) is 5.24. The molecule has 0 aliphatic carbocycles. The summed E-state index contributed by atoms with van der Waals surface area (Å²) in [5, 5.41) is 10.2. The van der Waals surface area contributed by atoms with Crippen molar-refractivity contribution in [3.8, 4) is 0 Å². The van der Waals surface area contributed by atoms with Crippen LogP contribution in [0, 0.1) is 11.6 Å². The summed E-state index contributed by atoms with van der Waals surface area (Å²) in [6, 6.07) is 13.1. The Kier molecular flexibility index (Phi) is 7.29. The van der Waals surface area contributed by atoms with E-state index < -0.39 is 6.10 Å². The van der Waals surface area contributed by atoms with Crippen LogP contribution < -0.4 is 0 Å². The van der Waals surface area contributed by atoms with E-state index in [1.165, 1.54) is 18.2 Å². The number of aliphatic hydroxyl groups is 1. The second-order valence-corrected chi connectivity index (χ2v) is 6.96. The number of rotatable bonds is 8. The van der Waals surface area contributed by atoms with Gasteiger partial charge in [-0.3, -0.25) is 9.80 Å². The van der Waals surface area contributed by atoms with Crippen molar-refractivity contribution in [3.05, 3.63) is 71.3 Å². The van der Waals surface area contributed by atoms with E-state index in [-0.39, 0.29) is 24.8 Å². The zero-order valence-electron chi connectivity index (χ0n) is 15.4. The Labute approximate surface area is 159 Å². The molecule has 1 aliphatic heterocycles. The summed E-state index contributed by atoms with van der Waals surface area (Å²) in [6.07, 6.45) is -0.597. The number of ether oxygens (including phenoxy) is 1. The first kappa shape index (κ1) is 19.9. The van der Waals surface area contributed by atoms with Crippen molar-refractivity contribution in [1.82, 2.24) is 9.80 Å². The van der Waals surface area contributed by atoms with Crippen molar-refractivity contribution in [2.24, 2.45) is 0 Å². The fourth-order valence-corrected chi connectivity index (χ4v) is 3.25. The minimum absolute atomic E-state index is 0.162. The Morgan fingerprint density at radius 2 is 1.59 bits per heavy atom. The normalized spacial score (nSPS) is 17.1. The minimum Gasteiger partial charge on any atom is -0.389 e. The van der Waals surface area contributed by atoms with Crippen LogP contribution in [0.3, 0.4) is 0 Å². The number of piperazine rings is 1. The highest BCUT2D eigenvalue weighted by Crippen LogP contribution is 2.11. The standard InChI is InChI=1S/C21H26F2N2O2/c22-19-7-5-17(6-8-19)13-24-9-11-25(12-10-24)14-20(26)16-27-15-18-3-1-2-4-21(18)23/h1-8,20,26H,9-16H2/t20-/m1/s1. The maximum Gasteiger partial charge on any atom is 0.128 e. The third kappa shape index (κ3) is 6.36. The van der Waals surface area contributed by atoms with Gasteiger partial charge in [-0.25, -0.2) is 8.78 Å². The molecule has 0 unspecified atom stereocenters. The average Bonchev–Trinajstić information content (AvgIpc) is 2.67. The van der Waals surface area contributed by atoms with Crippen molar-refractivity contribution in [1.29, 1.82) is 0 Å². The molecule has 0 bridgehead atoms. The smallest absolute Gasteiger partial charge is 0.128 e. The Balaban J connectivity index is 1.33. The first-order valence-corrected chi connectivity index (χ1v) is 9.28. The second kappa shape index (κ2) is 9.90. The Morgan fingerprint density at radius 3 is 2.30 bits per heavy atom. The van der Waals surface area contributed by atoms with Crippen LogP contribution in [0.5, 0.6) is 0 Å². The molecule has 3 rings (SSSR count). The molecule has 0 saturated carbocycles. The third-order valence-corrected chi connectivity index (χ3v) is 4.78. The largest absolute Gasteiger partial charge is 0.389 e. The van der Waals surface area contributed by atoms with Crippen LogP contribution in [0.4, 0.5) is 8.78 Å². The summed E-state index contributed by atoms with van der Waals surface area (Å²) >= 11 is 0. The predicted molar refractivity (Wildman–Crippen MR) is 100 cm³/mol. The summed E-state index contributed by atoms with van der Waals surface area (Å²) in [5.41, 5.74) is 1.60. The molecule has 0 radical (unpaired) electrons. The summed E-state index contributed by atoms with van der Waals surface area (Å²) in [7, 11) is 0. The van der Waals surface area contributed by atoms with Crippen molar-refractivity contribution in [2.75, 3.05) is 39.3 Å². The molecular formula is C21H26F2N2O2. The molecule has 6 heteroatoms. The molecule has 1 N–H and O–H groups in total. The van der Waals surface area contributed by atoms with Gasteiger partial charge in [0.2, 0.25) is 0 Å². The fourth-order valence-electron chi connectivity index (χ4n) is 3.25. The number of aliphatic hydroxyl groups excluding tert-OH is 1. The zero-order chi connectivity index (χ0) is 19.1. The topological polar surface area (TPSA) is 35.9 Å². The van der Waals surface area contributed by atoms with E-state index in [2.05, 4.69) is 9.80 Å². The van der Waals surface area contributed by atoms with Gasteiger partial charge in [0.1, 0.15) is 11.6 Å². The molecule has 1 atom stereocenters. The first-order chi connectivity index (χ1) is 13.1. The lowest BCUT2D eigenvalue weighted by Gasteiger charge is -2.35. The van der Waals surface area contributed by atoms with Gasteiger partial charge >= 0.3 is 0 Å². The van der Waals surface area contributed by atoms with Gasteiger partial charge in [0.25, 0.3) is 0 Å². The van der Waals surface area contributed by atoms with E-state index in [9.17, 15) is 13.9 Å². The number of hydrogen-bond donors (Lipinski definition) is 1. The SMILES string of the molecule is O[C@@H](COCc1ccccc1F)CN1CCN(Cc2ccc(F)cc2)CC1. The van der Waals surface area contributed by atoms with Gasteiger partial charge in [-0.15, -0.1) is 0 Å². The molecule has 4 nitrogen and oxygen atoms in total. The van der Waals surface area contributed by atoms with Gasteiger partial charge in [-0.1, -0.05) is 30.3 Å². The molecule has 1 heterocycles. The van der Waals surface area contributed by atoms with Gasteiger partial charge in [0.15, 0.2) is 0 Å². The Bertz CT molecular complexity index is 704. The van der Waals surface area contributed by atoms with Crippen molar-refractivity contribution >= 4 is 0 Å². The quantitative estimate of drug-likeness (QED) is 0.769. The number of hydrogen-bond acceptors (Lipinski definition) is 4. The maximum atomic E-state index is 13.5. The van der Waals surface area contributed by atoms with E-state index in [1.54, 1.807) is 18.2 Å². The van der Waals surface area contributed by atoms with Crippen LogP contribution in [0.1, 0.15) is 11.1 Å². The van der Waals surface area contributed by atoms with Crippen LogP contribution in [-0.2, 0) is 17.9 Å². The van der Waals surface area contributed by atoms with Crippen LogP contribution in [0.15, 0.2) is 48.5 Å².